The monoisotopic (exact) mass is 358 g/mol. The third kappa shape index (κ3) is 2.95. The maximum atomic E-state index is 10.9. The van der Waals surface area contributed by atoms with Gasteiger partial charge in [-0.2, -0.15) is 0 Å². The maximum Gasteiger partial charge on any atom is 0.372 e. The molecule has 0 aliphatic rings. The maximum absolute atomic E-state index is 10.9. The summed E-state index contributed by atoms with van der Waals surface area (Å²) in [4.78, 5) is 14.7. The number of carbonyl (C=O) groups is 1. The minimum Gasteiger partial charge on any atom is -0.475 e. The highest BCUT2D eigenvalue weighted by Crippen LogP contribution is 2.21. The van der Waals surface area contributed by atoms with Crippen LogP contribution in [0.2, 0.25) is 0 Å². The van der Waals surface area contributed by atoms with Crippen molar-refractivity contribution < 1.29 is 9.90 Å². The molecule has 0 aliphatic heterocycles. The third-order valence-corrected chi connectivity index (χ3v) is 3.10. The van der Waals surface area contributed by atoms with Gasteiger partial charge < -0.3 is 9.67 Å². The van der Waals surface area contributed by atoms with Gasteiger partial charge in [0.05, 0.1) is 0 Å². The molecule has 1 aromatic heterocycles. The lowest BCUT2D eigenvalue weighted by molar-refractivity contribution is 0.0679. The number of imidazole rings is 1. The quantitative estimate of drug-likeness (QED) is 0.915. The number of rotatable bonds is 3. The summed E-state index contributed by atoms with van der Waals surface area (Å²) in [7, 11) is 0. The zero-order valence-electron chi connectivity index (χ0n) is 8.60. The number of aromatic nitrogens is 2. The molecule has 2 rings (SSSR count). The Kier molecular flexibility index (Phi) is 3.63. The molecule has 6 heteroatoms. The van der Waals surface area contributed by atoms with Crippen LogP contribution < -0.4 is 0 Å². The van der Waals surface area contributed by atoms with E-state index in [-0.39, 0.29) is 5.82 Å². The first-order valence-corrected chi connectivity index (χ1v) is 6.34. The van der Waals surface area contributed by atoms with Crippen LogP contribution in [0.3, 0.4) is 0 Å². The van der Waals surface area contributed by atoms with Gasteiger partial charge in [-0.1, -0.05) is 31.9 Å². The molecule has 17 heavy (non-hydrogen) atoms. The summed E-state index contributed by atoms with van der Waals surface area (Å²) >= 11 is 6.79. The largest absolute Gasteiger partial charge is 0.475 e. The van der Waals surface area contributed by atoms with Crippen molar-refractivity contribution in [3.63, 3.8) is 0 Å². The second-order valence-electron chi connectivity index (χ2n) is 3.46. The fourth-order valence-electron chi connectivity index (χ4n) is 1.53. The van der Waals surface area contributed by atoms with Crippen LogP contribution in [0.4, 0.5) is 0 Å². The van der Waals surface area contributed by atoms with Gasteiger partial charge >= 0.3 is 5.97 Å². The summed E-state index contributed by atoms with van der Waals surface area (Å²) in [5, 5.41) is 8.94. The van der Waals surface area contributed by atoms with Crippen LogP contribution >= 0.6 is 31.9 Å². The van der Waals surface area contributed by atoms with Crippen molar-refractivity contribution in [2.24, 2.45) is 0 Å². The molecule has 0 atom stereocenters. The molecule has 4 nitrogen and oxygen atoms in total. The van der Waals surface area contributed by atoms with E-state index in [1.54, 1.807) is 10.8 Å². The zero-order chi connectivity index (χ0) is 12.4. The normalized spacial score (nSPS) is 10.5. The van der Waals surface area contributed by atoms with Crippen LogP contribution in [-0.2, 0) is 6.54 Å². The first-order chi connectivity index (χ1) is 8.06. The molecule has 0 spiro atoms. The Hall–Kier alpha value is -1.14. The first-order valence-electron chi connectivity index (χ1n) is 4.75. The number of hydrogen-bond donors (Lipinski definition) is 1. The van der Waals surface area contributed by atoms with Gasteiger partial charge in [0.1, 0.15) is 0 Å². The average Bonchev–Trinajstić information content (AvgIpc) is 2.63. The van der Waals surface area contributed by atoms with Crippen molar-refractivity contribution in [2.45, 2.75) is 6.54 Å². The van der Waals surface area contributed by atoms with Gasteiger partial charge in [0.2, 0.25) is 5.82 Å². The molecule has 1 aromatic carbocycles. The van der Waals surface area contributed by atoms with Gasteiger partial charge in [0.25, 0.3) is 0 Å². The number of nitrogens with zero attached hydrogens (tertiary/aromatic N) is 2. The van der Waals surface area contributed by atoms with E-state index >= 15 is 0 Å². The van der Waals surface area contributed by atoms with Gasteiger partial charge in [0, 0.05) is 27.9 Å². The number of carboxylic acid groups (broad SMARTS) is 1. The van der Waals surface area contributed by atoms with E-state index in [4.69, 9.17) is 5.11 Å². The summed E-state index contributed by atoms with van der Waals surface area (Å²) in [5.41, 5.74) is 0.992. The molecule has 0 amide bonds. The van der Waals surface area contributed by atoms with Crippen LogP contribution in [0.5, 0.6) is 0 Å². The van der Waals surface area contributed by atoms with Crippen molar-refractivity contribution in [3.05, 3.63) is 50.9 Å². The molecule has 88 valence electrons. The molecule has 0 saturated heterocycles. The minimum absolute atomic E-state index is 0.0427. The predicted molar refractivity (Wildman–Crippen MR) is 70.1 cm³/mol. The molecule has 1 N–H and O–H groups in total. The van der Waals surface area contributed by atoms with Gasteiger partial charge in [-0.05, 0) is 23.8 Å². The summed E-state index contributed by atoms with van der Waals surface area (Å²) < 4.78 is 3.48. The molecule has 0 radical (unpaired) electrons. The Bertz CT molecular complexity index is 546. The molecular weight excluding hydrogens is 352 g/mol. The summed E-state index contributed by atoms with van der Waals surface area (Å²) in [5.74, 6) is -0.981. The zero-order valence-corrected chi connectivity index (χ0v) is 11.8. The predicted octanol–water partition coefficient (Wildman–Crippen LogP) is 3.15. The van der Waals surface area contributed by atoms with Crippen molar-refractivity contribution in [1.29, 1.82) is 0 Å². The second-order valence-corrected chi connectivity index (χ2v) is 5.29. The molecule has 0 fully saturated rings. The van der Waals surface area contributed by atoms with Crippen LogP contribution in [0.1, 0.15) is 16.2 Å². The van der Waals surface area contributed by atoms with Crippen molar-refractivity contribution >= 4 is 37.8 Å². The molecule has 2 aromatic rings. The van der Waals surface area contributed by atoms with Gasteiger partial charge in [-0.3, -0.25) is 0 Å². The lowest BCUT2D eigenvalue weighted by Crippen LogP contribution is -2.10. The van der Waals surface area contributed by atoms with E-state index < -0.39 is 5.97 Å². The van der Waals surface area contributed by atoms with Crippen molar-refractivity contribution in [3.8, 4) is 0 Å². The number of benzene rings is 1. The summed E-state index contributed by atoms with van der Waals surface area (Å²) in [6.07, 6.45) is 3.13. The summed E-state index contributed by atoms with van der Waals surface area (Å²) in [6.45, 7) is 0.472. The Morgan fingerprint density at radius 3 is 2.53 bits per heavy atom. The molecule has 0 aliphatic carbocycles. The first kappa shape index (κ1) is 12.3. The standard InChI is InChI=1S/C11H8Br2N2O2/c12-8-3-7(4-9(13)5-8)6-15-2-1-14-10(15)11(16)17/h1-5H,6H2,(H,16,17). The number of halogens is 2. The van der Waals surface area contributed by atoms with Crippen molar-refractivity contribution in [2.75, 3.05) is 0 Å². The lowest BCUT2D eigenvalue weighted by Gasteiger charge is -2.06. The Balaban J connectivity index is 2.31. The van der Waals surface area contributed by atoms with E-state index in [0.717, 1.165) is 14.5 Å². The van der Waals surface area contributed by atoms with E-state index in [0.29, 0.717) is 6.54 Å². The Labute approximate surface area is 115 Å². The SMILES string of the molecule is O=C(O)c1nccn1Cc1cc(Br)cc(Br)c1. The molecular formula is C11H8Br2N2O2. The smallest absolute Gasteiger partial charge is 0.372 e. The summed E-state index contributed by atoms with van der Waals surface area (Å²) in [6, 6.07) is 5.81. The molecule has 0 unspecified atom stereocenters. The van der Waals surface area contributed by atoms with E-state index in [9.17, 15) is 4.79 Å². The van der Waals surface area contributed by atoms with Crippen LogP contribution in [-0.4, -0.2) is 20.6 Å². The lowest BCUT2D eigenvalue weighted by atomic mass is 10.2. The van der Waals surface area contributed by atoms with Crippen LogP contribution in [0.15, 0.2) is 39.5 Å². The van der Waals surface area contributed by atoms with Crippen molar-refractivity contribution in [1.82, 2.24) is 9.55 Å². The number of hydrogen-bond acceptors (Lipinski definition) is 2. The molecule has 1 heterocycles. The molecule has 0 bridgehead atoms. The number of carboxylic acids is 1. The minimum atomic E-state index is -1.02. The van der Waals surface area contributed by atoms with E-state index in [1.165, 1.54) is 6.20 Å². The van der Waals surface area contributed by atoms with Gasteiger partial charge in [-0.15, -0.1) is 0 Å². The highest BCUT2D eigenvalue weighted by molar-refractivity contribution is 9.11. The van der Waals surface area contributed by atoms with Crippen LogP contribution in [0.25, 0.3) is 0 Å². The fourth-order valence-corrected chi connectivity index (χ4v) is 2.92. The van der Waals surface area contributed by atoms with Gasteiger partial charge in [-0.25, -0.2) is 9.78 Å². The fraction of sp³-hybridized carbons (Fsp3) is 0.0909. The van der Waals surface area contributed by atoms with E-state index in [1.807, 2.05) is 18.2 Å². The topological polar surface area (TPSA) is 55.1 Å². The van der Waals surface area contributed by atoms with Crippen LogP contribution in [0, 0.1) is 0 Å². The van der Waals surface area contributed by atoms with E-state index in [2.05, 4.69) is 36.8 Å². The Morgan fingerprint density at radius 2 is 1.94 bits per heavy atom. The third-order valence-electron chi connectivity index (χ3n) is 2.18. The Morgan fingerprint density at radius 1 is 1.29 bits per heavy atom. The second kappa shape index (κ2) is 5.01. The molecule has 0 saturated carbocycles. The number of aromatic carboxylic acids is 1. The average molecular weight is 360 g/mol. The van der Waals surface area contributed by atoms with Gasteiger partial charge in [0.15, 0.2) is 0 Å². The highest BCUT2D eigenvalue weighted by Gasteiger charge is 2.11. The highest BCUT2D eigenvalue weighted by atomic mass is 79.9.